The van der Waals surface area contributed by atoms with E-state index in [0.29, 0.717) is 10.4 Å². The van der Waals surface area contributed by atoms with E-state index in [1.807, 2.05) is 42.6 Å². The van der Waals surface area contributed by atoms with Crippen LogP contribution in [0.3, 0.4) is 0 Å². The fourth-order valence-electron chi connectivity index (χ4n) is 3.15. The summed E-state index contributed by atoms with van der Waals surface area (Å²) < 4.78 is 1.74. The van der Waals surface area contributed by atoms with Crippen molar-refractivity contribution in [2.24, 2.45) is 0 Å². The van der Waals surface area contributed by atoms with Gasteiger partial charge in [0.2, 0.25) is 0 Å². The lowest BCUT2D eigenvalue weighted by molar-refractivity contribution is 0.0971. The Morgan fingerprint density at radius 3 is 2.50 bits per heavy atom. The van der Waals surface area contributed by atoms with Crippen LogP contribution < -0.4 is 4.80 Å². The summed E-state index contributed by atoms with van der Waals surface area (Å²) in [5.41, 5.74) is 1.92. The molecule has 3 nitrogen and oxygen atoms in total. The Kier molecular flexibility index (Phi) is 4.50. The van der Waals surface area contributed by atoms with Gasteiger partial charge < -0.3 is 4.57 Å². The number of aromatic nitrogens is 1. The maximum absolute atomic E-state index is 12.4. The van der Waals surface area contributed by atoms with Crippen LogP contribution in [0.1, 0.15) is 20.8 Å². The summed E-state index contributed by atoms with van der Waals surface area (Å²) in [5.74, 6) is 0.0265. The Hall–Kier alpha value is -2.98. The van der Waals surface area contributed by atoms with Crippen molar-refractivity contribution in [1.82, 2.24) is 4.57 Å². The highest BCUT2D eigenvalue weighted by molar-refractivity contribution is 7.09. The number of rotatable bonds is 5. The zero-order valence-electron chi connectivity index (χ0n) is 14.2. The zero-order chi connectivity index (χ0) is 17.9. The zero-order valence-corrected chi connectivity index (χ0v) is 15.0. The molecule has 1 N–H and O–H groups in total. The molecule has 0 fully saturated rings. The molecule has 26 heavy (non-hydrogen) atoms. The van der Waals surface area contributed by atoms with Crippen molar-refractivity contribution in [3.8, 4) is 0 Å². The maximum atomic E-state index is 12.4. The number of thiazole rings is 1. The fourth-order valence-corrected chi connectivity index (χ4v) is 4.04. The van der Waals surface area contributed by atoms with Crippen LogP contribution in [0, 0.1) is 5.41 Å². The van der Waals surface area contributed by atoms with E-state index in [1.54, 1.807) is 4.57 Å². The van der Waals surface area contributed by atoms with Crippen molar-refractivity contribution >= 4 is 27.9 Å². The molecule has 0 aliphatic heterocycles. The second-order valence-electron chi connectivity index (χ2n) is 6.23. The van der Waals surface area contributed by atoms with Gasteiger partial charge in [0.1, 0.15) is 0 Å². The van der Waals surface area contributed by atoms with Crippen LogP contribution in [0.25, 0.3) is 10.8 Å². The van der Waals surface area contributed by atoms with Crippen LogP contribution >= 0.6 is 11.3 Å². The molecule has 0 spiro atoms. The normalized spacial score (nSPS) is 10.9. The quantitative estimate of drug-likeness (QED) is 0.518. The number of carbonyl (C=O) groups excluding carboxylic acids is 1. The van der Waals surface area contributed by atoms with E-state index in [9.17, 15) is 4.79 Å². The van der Waals surface area contributed by atoms with Crippen LogP contribution in [0.4, 0.5) is 0 Å². The molecule has 0 radical (unpaired) electrons. The largest absolute Gasteiger partial charge is 0.316 e. The van der Waals surface area contributed by atoms with Crippen LogP contribution in [0.15, 0.2) is 79.0 Å². The van der Waals surface area contributed by atoms with Gasteiger partial charge in [-0.1, -0.05) is 72.8 Å². The number of nitrogens with one attached hydrogen (secondary N) is 1. The van der Waals surface area contributed by atoms with Gasteiger partial charge in [-0.3, -0.25) is 10.2 Å². The van der Waals surface area contributed by atoms with Gasteiger partial charge in [0.15, 0.2) is 10.6 Å². The third-order valence-corrected chi connectivity index (χ3v) is 5.38. The van der Waals surface area contributed by atoms with E-state index in [2.05, 4.69) is 36.4 Å². The Labute approximate surface area is 155 Å². The summed E-state index contributed by atoms with van der Waals surface area (Å²) in [6.07, 6.45) is 2.71. The molecule has 0 bridgehead atoms. The maximum Gasteiger partial charge on any atom is 0.182 e. The third kappa shape index (κ3) is 3.37. The van der Waals surface area contributed by atoms with Crippen molar-refractivity contribution in [2.45, 2.75) is 13.0 Å². The lowest BCUT2D eigenvalue weighted by Crippen LogP contribution is -2.18. The van der Waals surface area contributed by atoms with Gasteiger partial charge in [0.25, 0.3) is 0 Å². The van der Waals surface area contributed by atoms with Gasteiger partial charge in [0, 0.05) is 23.1 Å². The number of carbonyl (C=O) groups is 1. The highest BCUT2D eigenvalue weighted by Crippen LogP contribution is 2.22. The number of hydrogen-bond acceptors (Lipinski definition) is 3. The Balaban J connectivity index is 1.59. The van der Waals surface area contributed by atoms with E-state index in [-0.39, 0.29) is 12.3 Å². The molecule has 0 atom stereocenters. The summed E-state index contributed by atoms with van der Waals surface area (Å²) >= 11 is 1.43. The molecule has 4 heteroatoms. The van der Waals surface area contributed by atoms with Gasteiger partial charge in [0.05, 0.1) is 6.54 Å². The number of benzene rings is 3. The van der Waals surface area contributed by atoms with Crippen molar-refractivity contribution in [3.05, 3.63) is 99.8 Å². The minimum atomic E-state index is 0.0265. The molecule has 0 aliphatic rings. The molecule has 4 aromatic rings. The third-order valence-electron chi connectivity index (χ3n) is 4.44. The lowest BCUT2D eigenvalue weighted by atomic mass is 10.0. The molecule has 128 valence electrons. The fraction of sp³-hybridized carbons (Fsp3) is 0.0909. The molecular weight excluding hydrogens is 340 g/mol. The first-order chi connectivity index (χ1) is 12.7. The minimum Gasteiger partial charge on any atom is -0.316 e. The van der Waals surface area contributed by atoms with Crippen molar-refractivity contribution in [2.75, 3.05) is 0 Å². The van der Waals surface area contributed by atoms with Crippen LogP contribution in [-0.4, -0.2) is 10.4 Å². The predicted octanol–water partition coefficient (Wildman–Crippen LogP) is 4.66. The average Bonchev–Trinajstić information content (AvgIpc) is 3.01. The monoisotopic (exact) mass is 358 g/mol. The Bertz CT molecular complexity index is 1120. The van der Waals surface area contributed by atoms with Crippen LogP contribution in [0.5, 0.6) is 0 Å². The standard InChI is InChI=1S/C22H18N2OS/c23-22-24(15-21(25)17-8-2-1-3-9-17)14-19(26-22)13-18-11-6-10-16-7-4-5-12-20(16)18/h1-12,14,23H,13,15H2. The molecule has 0 aliphatic carbocycles. The number of nitrogens with zero attached hydrogens (tertiary/aromatic N) is 1. The van der Waals surface area contributed by atoms with Crippen molar-refractivity contribution in [3.63, 3.8) is 0 Å². The minimum absolute atomic E-state index is 0.0265. The van der Waals surface area contributed by atoms with E-state index < -0.39 is 0 Å². The van der Waals surface area contributed by atoms with Crippen molar-refractivity contribution in [1.29, 1.82) is 5.41 Å². The first-order valence-corrected chi connectivity index (χ1v) is 9.31. The Morgan fingerprint density at radius 1 is 0.923 bits per heavy atom. The molecular formula is C22H18N2OS. The van der Waals surface area contributed by atoms with Crippen LogP contribution in [-0.2, 0) is 13.0 Å². The van der Waals surface area contributed by atoms with Gasteiger partial charge in [-0.05, 0) is 16.3 Å². The summed E-state index contributed by atoms with van der Waals surface area (Å²) in [6, 6.07) is 23.9. The molecule has 0 amide bonds. The number of Topliss-reactive ketones (excluding diaryl/α,β-unsaturated/α-hetero) is 1. The summed E-state index contributed by atoms with van der Waals surface area (Å²) in [7, 11) is 0. The van der Waals surface area contributed by atoms with Gasteiger partial charge >= 0.3 is 0 Å². The number of hydrogen-bond donors (Lipinski definition) is 1. The summed E-state index contributed by atoms with van der Waals surface area (Å²) in [4.78, 5) is 13.9. The molecule has 0 saturated carbocycles. The second kappa shape index (κ2) is 7.10. The highest BCUT2D eigenvalue weighted by atomic mass is 32.1. The van der Waals surface area contributed by atoms with E-state index in [4.69, 9.17) is 5.41 Å². The van der Waals surface area contributed by atoms with Crippen LogP contribution in [0.2, 0.25) is 0 Å². The molecule has 1 aromatic heterocycles. The van der Waals surface area contributed by atoms with E-state index >= 15 is 0 Å². The van der Waals surface area contributed by atoms with E-state index in [0.717, 1.165) is 11.3 Å². The highest BCUT2D eigenvalue weighted by Gasteiger charge is 2.10. The first-order valence-electron chi connectivity index (χ1n) is 8.49. The second-order valence-corrected chi connectivity index (χ2v) is 7.35. The number of ketones is 1. The van der Waals surface area contributed by atoms with Gasteiger partial charge in [-0.15, -0.1) is 11.3 Å². The van der Waals surface area contributed by atoms with Gasteiger partial charge in [-0.2, -0.15) is 0 Å². The number of fused-ring (bicyclic) bond motifs is 1. The topological polar surface area (TPSA) is 45.9 Å². The molecule has 4 rings (SSSR count). The lowest BCUT2D eigenvalue weighted by Gasteiger charge is -2.05. The van der Waals surface area contributed by atoms with E-state index in [1.165, 1.54) is 27.7 Å². The molecule has 0 saturated heterocycles. The SMILES string of the molecule is N=c1sc(Cc2cccc3ccccc23)cn1CC(=O)c1ccccc1. The predicted molar refractivity (Wildman–Crippen MR) is 106 cm³/mol. The average molecular weight is 358 g/mol. The Morgan fingerprint density at radius 2 is 1.65 bits per heavy atom. The first kappa shape index (κ1) is 16.5. The smallest absolute Gasteiger partial charge is 0.182 e. The molecule has 3 aromatic carbocycles. The molecule has 0 unspecified atom stereocenters. The summed E-state index contributed by atoms with van der Waals surface area (Å²) in [5, 5.41) is 10.7. The molecule has 1 heterocycles. The summed E-state index contributed by atoms with van der Waals surface area (Å²) in [6.45, 7) is 0.203. The van der Waals surface area contributed by atoms with Crippen molar-refractivity contribution < 1.29 is 4.79 Å². The van der Waals surface area contributed by atoms with Gasteiger partial charge in [-0.25, -0.2) is 0 Å².